The highest BCUT2D eigenvalue weighted by Gasteiger charge is 2.22. The average Bonchev–Trinajstić information content (AvgIpc) is 3.19. The second kappa shape index (κ2) is 9.25. The van der Waals surface area contributed by atoms with E-state index in [9.17, 15) is 4.79 Å². The summed E-state index contributed by atoms with van der Waals surface area (Å²) in [6.07, 6.45) is 4.57. The molecule has 32 heavy (non-hydrogen) atoms. The van der Waals surface area contributed by atoms with Gasteiger partial charge in [-0.25, -0.2) is 9.97 Å². The molecule has 1 unspecified atom stereocenters. The third kappa shape index (κ3) is 4.42. The minimum Gasteiger partial charge on any atom is -0.383 e. The maximum atomic E-state index is 12.8. The van der Waals surface area contributed by atoms with Crippen LogP contribution in [-0.2, 0) is 22.4 Å². The fourth-order valence-electron chi connectivity index (χ4n) is 4.25. The zero-order valence-corrected chi connectivity index (χ0v) is 19.7. The molecular formula is C23H27N5O2S2. The molecule has 3 N–H and O–H groups in total. The standard InChI is InChI=1S/C23H27N5O2S2/c1-14(21(29)25-15-6-8-16(9-7-15)28-10-12-30-13-11-28)31-23-26-20(24)19-17-4-2-3-5-18(17)32-22(19)27-23/h6-9,14H,2-5,10-13H2,1H3,(H,25,29)(H2,24,26,27). The minimum absolute atomic E-state index is 0.0816. The van der Waals surface area contributed by atoms with Gasteiger partial charge in [-0.15, -0.1) is 11.3 Å². The van der Waals surface area contributed by atoms with Gasteiger partial charge in [-0.05, 0) is 62.4 Å². The predicted molar refractivity (Wildman–Crippen MR) is 132 cm³/mol. The molecule has 0 spiro atoms. The van der Waals surface area contributed by atoms with Crippen LogP contribution in [0.5, 0.6) is 0 Å². The van der Waals surface area contributed by atoms with Gasteiger partial charge in [0.2, 0.25) is 5.91 Å². The molecule has 1 saturated heterocycles. The van der Waals surface area contributed by atoms with Crippen molar-refractivity contribution in [2.24, 2.45) is 0 Å². The van der Waals surface area contributed by atoms with Crippen molar-refractivity contribution >= 4 is 56.4 Å². The molecule has 1 atom stereocenters. The number of nitrogens with two attached hydrogens (primary N) is 1. The van der Waals surface area contributed by atoms with Crippen LogP contribution in [0.15, 0.2) is 29.4 Å². The maximum absolute atomic E-state index is 12.8. The number of nitrogens with one attached hydrogen (secondary N) is 1. The number of thiophene rings is 1. The maximum Gasteiger partial charge on any atom is 0.237 e. The third-order valence-corrected chi connectivity index (χ3v) is 8.13. The van der Waals surface area contributed by atoms with Gasteiger partial charge in [-0.1, -0.05) is 11.8 Å². The Morgan fingerprint density at radius 1 is 1.19 bits per heavy atom. The fourth-order valence-corrected chi connectivity index (χ4v) is 6.35. The topological polar surface area (TPSA) is 93.4 Å². The number of carbonyl (C=O) groups excluding carboxylic acids is 1. The summed E-state index contributed by atoms with van der Waals surface area (Å²) in [6, 6.07) is 7.96. The summed E-state index contributed by atoms with van der Waals surface area (Å²) in [5, 5.41) is 4.22. The summed E-state index contributed by atoms with van der Waals surface area (Å²) in [7, 11) is 0. The second-order valence-corrected chi connectivity index (χ2v) is 10.6. The highest BCUT2D eigenvalue weighted by Crippen LogP contribution is 2.39. The molecule has 2 aliphatic rings. The molecule has 3 aromatic rings. The largest absolute Gasteiger partial charge is 0.383 e. The Labute approximate surface area is 195 Å². The van der Waals surface area contributed by atoms with Gasteiger partial charge in [0.15, 0.2) is 5.16 Å². The number of hydrogen-bond acceptors (Lipinski definition) is 8. The lowest BCUT2D eigenvalue weighted by atomic mass is 9.97. The van der Waals surface area contributed by atoms with Gasteiger partial charge in [-0.2, -0.15) is 0 Å². The molecule has 5 rings (SSSR count). The van der Waals surface area contributed by atoms with Gasteiger partial charge < -0.3 is 20.7 Å². The summed E-state index contributed by atoms with van der Waals surface area (Å²) in [5.41, 5.74) is 9.56. The lowest BCUT2D eigenvalue weighted by Gasteiger charge is -2.28. The van der Waals surface area contributed by atoms with E-state index >= 15 is 0 Å². The first-order valence-corrected chi connectivity index (χ1v) is 12.8. The van der Waals surface area contributed by atoms with Crippen LogP contribution in [0.25, 0.3) is 10.2 Å². The lowest BCUT2D eigenvalue weighted by molar-refractivity contribution is -0.115. The zero-order chi connectivity index (χ0) is 22.1. The van der Waals surface area contributed by atoms with Crippen LogP contribution < -0.4 is 16.0 Å². The van der Waals surface area contributed by atoms with Crippen LogP contribution >= 0.6 is 23.1 Å². The molecule has 0 saturated carbocycles. The fraction of sp³-hybridized carbons (Fsp3) is 0.435. The van der Waals surface area contributed by atoms with Crippen LogP contribution in [0.3, 0.4) is 0 Å². The van der Waals surface area contributed by atoms with Crippen molar-refractivity contribution in [3.8, 4) is 0 Å². The van der Waals surface area contributed by atoms with Gasteiger partial charge in [0.25, 0.3) is 0 Å². The molecule has 2 aromatic heterocycles. The molecule has 7 nitrogen and oxygen atoms in total. The molecule has 168 valence electrons. The number of carbonyl (C=O) groups is 1. The van der Waals surface area contributed by atoms with Crippen molar-refractivity contribution < 1.29 is 9.53 Å². The van der Waals surface area contributed by atoms with Crippen molar-refractivity contribution in [1.82, 2.24) is 9.97 Å². The number of ether oxygens (including phenoxy) is 1. The van der Waals surface area contributed by atoms with E-state index in [-0.39, 0.29) is 11.2 Å². The predicted octanol–water partition coefficient (Wildman–Crippen LogP) is 4.11. The van der Waals surface area contributed by atoms with E-state index in [2.05, 4.69) is 15.2 Å². The Morgan fingerprint density at radius 2 is 1.94 bits per heavy atom. The Balaban J connectivity index is 1.25. The summed E-state index contributed by atoms with van der Waals surface area (Å²) < 4.78 is 5.41. The normalized spacial score (nSPS) is 17.2. The van der Waals surface area contributed by atoms with Crippen molar-refractivity contribution in [2.45, 2.75) is 43.0 Å². The highest BCUT2D eigenvalue weighted by molar-refractivity contribution is 8.00. The van der Waals surface area contributed by atoms with Gasteiger partial charge in [0, 0.05) is 29.3 Å². The SMILES string of the molecule is CC(Sc1nc(N)c2c3c(sc2n1)CCCC3)C(=O)Nc1ccc(N2CCOCC2)cc1. The first-order chi connectivity index (χ1) is 15.6. The van der Waals surface area contributed by atoms with Crippen LogP contribution in [0.1, 0.15) is 30.2 Å². The van der Waals surface area contributed by atoms with Crippen LogP contribution in [-0.4, -0.2) is 47.4 Å². The van der Waals surface area contributed by atoms with E-state index in [0.717, 1.165) is 60.7 Å². The van der Waals surface area contributed by atoms with Crippen LogP contribution in [0.4, 0.5) is 17.2 Å². The van der Waals surface area contributed by atoms with Crippen molar-refractivity contribution in [3.05, 3.63) is 34.7 Å². The number of nitrogens with zero attached hydrogens (tertiary/aromatic N) is 3. The Morgan fingerprint density at radius 3 is 2.72 bits per heavy atom. The van der Waals surface area contributed by atoms with Gasteiger partial charge in [0.1, 0.15) is 10.6 Å². The molecular weight excluding hydrogens is 442 g/mol. The van der Waals surface area contributed by atoms with Gasteiger partial charge in [-0.3, -0.25) is 4.79 Å². The van der Waals surface area contributed by atoms with Gasteiger partial charge >= 0.3 is 0 Å². The molecule has 3 heterocycles. The van der Waals surface area contributed by atoms with Crippen LogP contribution in [0, 0.1) is 0 Å². The molecule has 9 heteroatoms. The molecule has 0 radical (unpaired) electrons. The highest BCUT2D eigenvalue weighted by atomic mass is 32.2. The van der Waals surface area contributed by atoms with Crippen molar-refractivity contribution in [1.29, 1.82) is 0 Å². The van der Waals surface area contributed by atoms with E-state index in [4.69, 9.17) is 15.5 Å². The number of aromatic nitrogens is 2. The zero-order valence-electron chi connectivity index (χ0n) is 18.1. The second-order valence-electron chi connectivity index (χ2n) is 8.18. The number of nitrogen functional groups attached to an aromatic ring is 1. The average molecular weight is 470 g/mol. The number of amides is 1. The smallest absolute Gasteiger partial charge is 0.237 e. The van der Waals surface area contributed by atoms with Gasteiger partial charge in [0.05, 0.1) is 23.8 Å². The molecule has 1 aromatic carbocycles. The Kier molecular flexibility index (Phi) is 6.21. The lowest BCUT2D eigenvalue weighted by Crippen LogP contribution is -2.36. The summed E-state index contributed by atoms with van der Waals surface area (Å²) >= 11 is 3.06. The molecule has 1 aliphatic carbocycles. The van der Waals surface area contributed by atoms with E-state index < -0.39 is 0 Å². The van der Waals surface area contributed by atoms with E-state index in [1.165, 1.54) is 35.0 Å². The number of rotatable bonds is 5. The van der Waals surface area contributed by atoms with E-state index in [0.29, 0.717) is 11.0 Å². The number of anilines is 3. The molecule has 0 bridgehead atoms. The number of benzene rings is 1. The number of thioether (sulfide) groups is 1. The summed E-state index contributed by atoms with van der Waals surface area (Å²) in [6.45, 7) is 5.14. The first kappa shape index (κ1) is 21.5. The summed E-state index contributed by atoms with van der Waals surface area (Å²) in [4.78, 5) is 26.6. The summed E-state index contributed by atoms with van der Waals surface area (Å²) in [5.74, 6) is 0.449. The quantitative estimate of drug-likeness (QED) is 0.429. The third-order valence-electron chi connectivity index (χ3n) is 5.98. The first-order valence-electron chi connectivity index (χ1n) is 11.1. The monoisotopic (exact) mass is 469 g/mol. The Bertz CT molecular complexity index is 1130. The number of fused-ring (bicyclic) bond motifs is 3. The van der Waals surface area contributed by atoms with E-state index in [1.807, 2.05) is 31.2 Å². The minimum atomic E-state index is -0.347. The molecule has 1 aliphatic heterocycles. The Hall–Kier alpha value is -2.36. The molecule has 1 amide bonds. The number of hydrogen-bond donors (Lipinski definition) is 2. The number of morpholine rings is 1. The molecule has 1 fully saturated rings. The van der Waals surface area contributed by atoms with Crippen molar-refractivity contribution in [2.75, 3.05) is 42.3 Å². The number of aryl methyl sites for hydroxylation is 2. The van der Waals surface area contributed by atoms with E-state index in [1.54, 1.807) is 11.3 Å². The van der Waals surface area contributed by atoms with Crippen LogP contribution in [0.2, 0.25) is 0 Å². The van der Waals surface area contributed by atoms with Crippen molar-refractivity contribution in [3.63, 3.8) is 0 Å².